The number of methoxy groups -OCH3 is 1. The van der Waals surface area contributed by atoms with Crippen molar-refractivity contribution in [2.75, 3.05) is 12.4 Å². The monoisotopic (exact) mass is 377 g/mol. The third kappa shape index (κ3) is 4.63. The fraction of sp³-hybridized carbons (Fsp3) is 0.292. The number of ether oxygens (including phenoxy) is 2. The highest BCUT2D eigenvalue weighted by Crippen LogP contribution is 2.26. The van der Waals surface area contributed by atoms with E-state index in [4.69, 9.17) is 9.47 Å². The van der Waals surface area contributed by atoms with Crippen molar-refractivity contribution in [3.05, 3.63) is 66.2 Å². The minimum atomic E-state index is -0.273. The summed E-state index contributed by atoms with van der Waals surface area (Å²) in [5.74, 6) is 1.27. The number of fused-ring (bicyclic) bond motifs is 1. The Balaban J connectivity index is 1.74. The van der Waals surface area contributed by atoms with Gasteiger partial charge in [-0.15, -0.1) is 0 Å². The number of nitrogens with one attached hydrogen (secondary N) is 1. The molecular weight excluding hydrogens is 350 g/mol. The Morgan fingerprint density at radius 2 is 1.71 bits per heavy atom. The molecule has 0 aromatic heterocycles. The van der Waals surface area contributed by atoms with Gasteiger partial charge in [0.2, 0.25) is 5.91 Å². The normalized spacial score (nSPS) is 13.0. The molecule has 0 aliphatic heterocycles. The molecule has 4 heteroatoms. The third-order valence-electron chi connectivity index (χ3n) is 4.98. The van der Waals surface area contributed by atoms with Crippen LogP contribution in [0, 0.1) is 0 Å². The van der Waals surface area contributed by atoms with Crippen molar-refractivity contribution in [2.24, 2.45) is 0 Å². The molecule has 1 unspecified atom stereocenters. The minimum Gasteiger partial charge on any atom is -0.497 e. The molecule has 0 heterocycles. The lowest BCUT2D eigenvalue weighted by Crippen LogP contribution is -2.19. The zero-order valence-corrected chi connectivity index (χ0v) is 16.9. The van der Waals surface area contributed by atoms with Crippen LogP contribution in [-0.2, 0) is 4.79 Å². The molecule has 0 radical (unpaired) electrons. The zero-order chi connectivity index (χ0) is 20.1. The van der Waals surface area contributed by atoms with E-state index in [0.29, 0.717) is 0 Å². The van der Waals surface area contributed by atoms with Crippen LogP contribution in [0.2, 0.25) is 0 Å². The van der Waals surface area contributed by atoms with Crippen molar-refractivity contribution < 1.29 is 14.3 Å². The van der Waals surface area contributed by atoms with Crippen molar-refractivity contribution in [2.45, 2.75) is 39.2 Å². The van der Waals surface area contributed by atoms with Gasteiger partial charge in [0.15, 0.2) is 0 Å². The molecule has 0 aliphatic carbocycles. The topological polar surface area (TPSA) is 47.6 Å². The number of carbonyl (C=O) groups excluding carboxylic acids is 1. The summed E-state index contributed by atoms with van der Waals surface area (Å²) in [5, 5.41) is 5.17. The number of benzene rings is 3. The summed E-state index contributed by atoms with van der Waals surface area (Å²) in [6, 6.07) is 19.5. The molecular formula is C24H27NO3. The summed E-state index contributed by atoms with van der Waals surface area (Å²) in [4.78, 5) is 12.8. The second-order valence-electron chi connectivity index (χ2n) is 7.05. The third-order valence-corrected chi connectivity index (χ3v) is 4.98. The molecule has 3 aromatic carbocycles. The average molecular weight is 377 g/mol. The predicted octanol–water partition coefficient (Wildman–Crippen LogP) is 5.77. The van der Waals surface area contributed by atoms with Crippen LogP contribution in [0.1, 0.15) is 38.7 Å². The highest BCUT2D eigenvalue weighted by atomic mass is 16.5. The van der Waals surface area contributed by atoms with Crippen molar-refractivity contribution in [3.8, 4) is 11.5 Å². The van der Waals surface area contributed by atoms with Gasteiger partial charge < -0.3 is 14.8 Å². The second kappa shape index (κ2) is 8.79. The quantitative estimate of drug-likeness (QED) is 0.569. The van der Waals surface area contributed by atoms with Gasteiger partial charge in [-0.1, -0.05) is 37.3 Å². The van der Waals surface area contributed by atoms with Gasteiger partial charge in [-0.25, -0.2) is 0 Å². The first kappa shape index (κ1) is 19.7. The molecule has 28 heavy (non-hydrogen) atoms. The maximum Gasteiger partial charge on any atom is 0.231 e. The van der Waals surface area contributed by atoms with E-state index in [1.807, 2.05) is 68.4 Å². The molecule has 4 nitrogen and oxygen atoms in total. The molecule has 0 saturated carbocycles. The zero-order valence-electron chi connectivity index (χ0n) is 16.9. The first-order valence-electron chi connectivity index (χ1n) is 9.65. The van der Waals surface area contributed by atoms with Crippen LogP contribution in [0.25, 0.3) is 10.8 Å². The Hall–Kier alpha value is -3.01. The van der Waals surface area contributed by atoms with Crippen LogP contribution in [0.3, 0.4) is 0 Å². The molecule has 0 aliphatic rings. The molecule has 0 spiro atoms. The Morgan fingerprint density at radius 3 is 2.46 bits per heavy atom. The van der Waals surface area contributed by atoms with Crippen molar-refractivity contribution in [3.63, 3.8) is 0 Å². The van der Waals surface area contributed by atoms with Crippen LogP contribution in [0.5, 0.6) is 11.5 Å². The minimum absolute atomic E-state index is 0.0476. The SMILES string of the molecule is CCC(C)Oc1cccc(NC(=O)[C@@H](C)c2ccc3cc(OC)ccc3c2)c1. The summed E-state index contributed by atoms with van der Waals surface area (Å²) >= 11 is 0. The maximum atomic E-state index is 12.8. The molecule has 3 aromatic rings. The van der Waals surface area contributed by atoms with E-state index in [1.165, 1.54) is 0 Å². The molecule has 0 bridgehead atoms. The van der Waals surface area contributed by atoms with Crippen LogP contribution in [-0.4, -0.2) is 19.1 Å². The molecule has 2 atom stereocenters. The number of hydrogen-bond donors (Lipinski definition) is 1. The van der Waals surface area contributed by atoms with Crippen LogP contribution in [0.4, 0.5) is 5.69 Å². The lowest BCUT2D eigenvalue weighted by atomic mass is 9.97. The number of rotatable bonds is 7. The summed E-state index contributed by atoms with van der Waals surface area (Å²) < 4.78 is 11.1. The number of anilines is 1. The first-order valence-corrected chi connectivity index (χ1v) is 9.65. The predicted molar refractivity (Wildman–Crippen MR) is 114 cm³/mol. The largest absolute Gasteiger partial charge is 0.497 e. The lowest BCUT2D eigenvalue weighted by Gasteiger charge is -2.16. The number of hydrogen-bond acceptors (Lipinski definition) is 3. The first-order chi connectivity index (χ1) is 13.5. The van der Waals surface area contributed by atoms with E-state index >= 15 is 0 Å². The van der Waals surface area contributed by atoms with E-state index in [1.54, 1.807) is 7.11 Å². The van der Waals surface area contributed by atoms with Gasteiger partial charge in [0.25, 0.3) is 0 Å². The fourth-order valence-corrected chi connectivity index (χ4v) is 3.00. The van der Waals surface area contributed by atoms with E-state index in [0.717, 1.165) is 39.9 Å². The number of amides is 1. The van der Waals surface area contributed by atoms with E-state index < -0.39 is 0 Å². The molecule has 1 N–H and O–H groups in total. The van der Waals surface area contributed by atoms with Gasteiger partial charge in [-0.05, 0) is 60.9 Å². The molecule has 0 fully saturated rings. The molecule has 1 amide bonds. The summed E-state index contributed by atoms with van der Waals surface area (Å²) in [6.07, 6.45) is 1.07. The summed E-state index contributed by atoms with van der Waals surface area (Å²) in [7, 11) is 1.66. The van der Waals surface area contributed by atoms with Gasteiger partial charge in [0.05, 0.1) is 19.1 Å². The molecule has 146 valence electrons. The van der Waals surface area contributed by atoms with Gasteiger partial charge >= 0.3 is 0 Å². The lowest BCUT2D eigenvalue weighted by molar-refractivity contribution is -0.117. The Bertz CT molecular complexity index is 967. The van der Waals surface area contributed by atoms with Crippen molar-refractivity contribution in [1.82, 2.24) is 0 Å². The van der Waals surface area contributed by atoms with Crippen LogP contribution < -0.4 is 14.8 Å². The van der Waals surface area contributed by atoms with Crippen LogP contribution in [0.15, 0.2) is 60.7 Å². The van der Waals surface area contributed by atoms with Gasteiger partial charge in [0, 0.05) is 11.8 Å². The van der Waals surface area contributed by atoms with Gasteiger partial charge in [-0.2, -0.15) is 0 Å². The van der Waals surface area contributed by atoms with Gasteiger partial charge in [0.1, 0.15) is 11.5 Å². The maximum absolute atomic E-state index is 12.8. The van der Waals surface area contributed by atoms with E-state index in [-0.39, 0.29) is 17.9 Å². The van der Waals surface area contributed by atoms with E-state index in [9.17, 15) is 4.79 Å². The van der Waals surface area contributed by atoms with Crippen LogP contribution >= 0.6 is 0 Å². The summed E-state index contributed by atoms with van der Waals surface area (Å²) in [5.41, 5.74) is 1.71. The van der Waals surface area contributed by atoms with Crippen molar-refractivity contribution >= 4 is 22.4 Å². The molecule has 3 rings (SSSR count). The Kier molecular flexibility index (Phi) is 6.19. The van der Waals surface area contributed by atoms with Gasteiger partial charge in [-0.3, -0.25) is 4.79 Å². The van der Waals surface area contributed by atoms with Crippen molar-refractivity contribution in [1.29, 1.82) is 0 Å². The average Bonchev–Trinajstić information content (AvgIpc) is 2.72. The highest BCUT2D eigenvalue weighted by molar-refractivity contribution is 5.96. The number of carbonyl (C=O) groups is 1. The second-order valence-corrected chi connectivity index (χ2v) is 7.05. The highest BCUT2D eigenvalue weighted by Gasteiger charge is 2.16. The van der Waals surface area contributed by atoms with E-state index in [2.05, 4.69) is 18.3 Å². The fourth-order valence-electron chi connectivity index (χ4n) is 3.00. The Morgan fingerprint density at radius 1 is 0.964 bits per heavy atom. The molecule has 0 saturated heterocycles. The Labute approximate surface area is 166 Å². The summed E-state index contributed by atoms with van der Waals surface area (Å²) in [6.45, 7) is 6.03. The smallest absolute Gasteiger partial charge is 0.231 e. The standard InChI is InChI=1S/C24H27NO3/c1-5-16(2)28-23-8-6-7-21(15-23)25-24(26)17(3)18-9-10-20-14-22(27-4)12-11-19(20)13-18/h6-17H,5H2,1-4H3,(H,25,26)/t16?,17-/m0/s1.